The van der Waals surface area contributed by atoms with Crippen LogP contribution >= 0.6 is 0 Å². The highest BCUT2D eigenvalue weighted by molar-refractivity contribution is 7.85. The van der Waals surface area contributed by atoms with Crippen molar-refractivity contribution in [1.82, 2.24) is 0 Å². The van der Waals surface area contributed by atoms with Gasteiger partial charge in [0.2, 0.25) is 5.78 Å². The quantitative estimate of drug-likeness (QED) is 0.125. The van der Waals surface area contributed by atoms with Crippen LogP contribution in [0.15, 0.2) is 17.1 Å². The molecule has 0 aromatic rings. The highest BCUT2D eigenvalue weighted by atomic mass is 32.2. The predicted molar refractivity (Wildman–Crippen MR) is 123 cm³/mol. The van der Waals surface area contributed by atoms with Gasteiger partial charge in [-0.1, -0.05) is 44.8 Å². The van der Waals surface area contributed by atoms with Crippen LogP contribution < -0.4 is 0 Å². The van der Waals surface area contributed by atoms with E-state index in [0.717, 1.165) is 32.1 Å². The van der Waals surface area contributed by atoms with Gasteiger partial charge in [0.25, 0.3) is 16.0 Å². The second kappa shape index (κ2) is 14.8. The Kier molecular flexibility index (Phi) is 13.4. The van der Waals surface area contributed by atoms with Crippen molar-refractivity contribution < 1.29 is 32.5 Å². The van der Waals surface area contributed by atoms with E-state index in [0.29, 0.717) is 25.3 Å². The first-order valence-electron chi connectivity index (χ1n) is 11.6. The Morgan fingerprint density at radius 2 is 1.77 bits per heavy atom. The number of hydrogen-bond acceptors (Lipinski definition) is 6. The van der Waals surface area contributed by atoms with E-state index >= 15 is 0 Å². The lowest BCUT2D eigenvalue weighted by atomic mass is 10.1. The number of amidine groups is 1. The van der Waals surface area contributed by atoms with Crippen molar-refractivity contribution >= 4 is 21.7 Å². The smallest absolute Gasteiger partial charge is 0.267 e. The molecule has 1 heterocycles. The van der Waals surface area contributed by atoms with E-state index in [9.17, 15) is 23.4 Å². The van der Waals surface area contributed by atoms with Crippen LogP contribution in [0.4, 0.5) is 0 Å². The Morgan fingerprint density at radius 1 is 1.13 bits per heavy atom. The maximum atomic E-state index is 12.8. The largest absolute Gasteiger partial charge is 0.390 e. The summed E-state index contributed by atoms with van der Waals surface area (Å²) in [5.74, 6) is -0.613. The van der Waals surface area contributed by atoms with E-state index in [2.05, 4.69) is 24.1 Å². The summed E-state index contributed by atoms with van der Waals surface area (Å²) in [7, 11) is -4.33. The number of allylic oxidation sites excluding steroid dienone is 2. The molecule has 1 aliphatic heterocycles. The van der Waals surface area contributed by atoms with Crippen LogP contribution in [0.5, 0.6) is 0 Å². The first-order chi connectivity index (χ1) is 14.7. The highest BCUT2D eigenvalue weighted by Gasteiger charge is 2.43. The zero-order valence-electron chi connectivity index (χ0n) is 18.9. The number of carbonyl (C=O) groups is 1. The van der Waals surface area contributed by atoms with E-state index in [1.54, 1.807) is 0 Å². The lowest BCUT2D eigenvalue weighted by molar-refractivity contribution is -0.837. The number of nitrogens with zero attached hydrogens (tertiary/aromatic N) is 2. The average molecular weight is 462 g/mol. The van der Waals surface area contributed by atoms with Gasteiger partial charge < -0.3 is 10.2 Å². The fourth-order valence-corrected chi connectivity index (χ4v) is 4.69. The summed E-state index contributed by atoms with van der Waals surface area (Å²) in [5, 5.41) is 19.6. The molecule has 0 amide bonds. The van der Waals surface area contributed by atoms with Crippen molar-refractivity contribution in [2.45, 2.75) is 77.2 Å². The van der Waals surface area contributed by atoms with Gasteiger partial charge in [-0.3, -0.25) is 13.8 Å². The van der Waals surface area contributed by atoms with Crippen molar-refractivity contribution in [3.8, 4) is 0 Å². The molecule has 0 fully saturated rings. The summed E-state index contributed by atoms with van der Waals surface area (Å²) in [6.07, 6.45) is 13.4. The summed E-state index contributed by atoms with van der Waals surface area (Å²) in [5.41, 5.74) is 0. The summed E-state index contributed by atoms with van der Waals surface area (Å²) < 4.78 is 31.1. The Bertz CT molecular complexity index is 692. The van der Waals surface area contributed by atoms with Gasteiger partial charge in [0.1, 0.15) is 31.5 Å². The van der Waals surface area contributed by atoms with Gasteiger partial charge in [0.15, 0.2) is 0 Å². The Labute approximate surface area is 187 Å². The number of quaternary nitrogens is 1. The molecule has 0 saturated heterocycles. The first-order valence-corrected chi connectivity index (χ1v) is 13.2. The van der Waals surface area contributed by atoms with Gasteiger partial charge in [-0.25, -0.2) is 4.99 Å². The van der Waals surface area contributed by atoms with Gasteiger partial charge in [-0.2, -0.15) is 8.42 Å². The molecule has 31 heavy (non-hydrogen) atoms. The molecule has 0 aliphatic carbocycles. The lowest BCUT2D eigenvalue weighted by Gasteiger charge is -2.34. The molecular formula is C22H41N2O6S+. The van der Waals surface area contributed by atoms with Gasteiger partial charge in [-0.15, -0.1) is 0 Å². The molecule has 0 radical (unpaired) electrons. The second-order valence-corrected chi connectivity index (χ2v) is 9.95. The third-order valence-corrected chi connectivity index (χ3v) is 6.45. The predicted octanol–water partition coefficient (Wildman–Crippen LogP) is 2.50. The van der Waals surface area contributed by atoms with Gasteiger partial charge in [0, 0.05) is 6.42 Å². The van der Waals surface area contributed by atoms with Crippen LogP contribution in [0, 0.1) is 0 Å². The number of aliphatic imine (C=N–C) groups is 1. The fraction of sp³-hybridized carbons (Fsp3) is 0.818. The topological polar surface area (TPSA) is 124 Å². The third kappa shape index (κ3) is 11.3. The van der Waals surface area contributed by atoms with Crippen molar-refractivity contribution in [3.63, 3.8) is 0 Å². The van der Waals surface area contributed by atoms with Crippen LogP contribution in [0.3, 0.4) is 0 Å². The number of ketones is 1. The molecule has 8 nitrogen and oxygen atoms in total. The summed E-state index contributed by atoms with van der Waals surface area (Å²) in [6.45, 7) is 2.91. The average Bonchev–Trinajstić information content (AvgIpc) is 3.07. The zero-order chi connectivity index (χ0) is 23.2. The zero-order valence-corrected chi connectivity index (χ0v) is 19.7. The Balaban J connectivity index is 2.43. The molecule has 0 bridgehead atoms. The number of aliphatic hydroxyl groups excluding tert-OH is 2. The summed E-state index contributed by atoms with van der Waals surface area (Å²) in [4.78, 5) is 17.1. The molecule has 0 spiro atoms. The Morgan fingerprint density at radius 3 is 2.35 bits per heavy atom. The standard InChI is InChI=1S/C22H40N2O6S/c1-2-3-4-5-6-7-8-9-10-11-12-13-21(27)22-23-14-15-24(22,16-17-25)18-20(26)19-31(28,29)30/h7-8,20,25-26H,2-6,9-19H2,1H3/p+1/b8-7+. The van der Waals surface area contributed by atoms with Crippen molar-refractivity contribution in [2.24, 2.45) is 4.99 Å². The molecule has 2 atom stereocenters. The number of carbonyl (C=O) groups excluding carboxylic acids is 1. The third-order valence-electron chi connectivity index (χ3n) is 5.65. The monoisotopic (exact) mass is 461 g/mol. The minimum Gasteiger partial charge on any atom is -0.390 e. The fourth-order valence-electron chi connectivity index (χ4n) is 4.09. The molecule has 1 rings (SSSR count). The number of unbranched alkanes of at least 4 members (excludes halogenated alkanes) is 7. The van der Waals surface area contributed by atoms with Crippen LogP contribution in [-0.4, -0.2) is 83.9 Å². The SMILES string of the molecule is CCCCCC/C=C/CCCCCC(=O)C1=NCC[N+]1(CCO)CC(O)CS(=O)(=O)O. The number of aliphatic hydroxyl groups is 2. The van der Waals surface area contributed by atoms with Crippen LogP contribution in [-0.2, 0) is 14.9 Å². The first kappa shape index (κ1) is 27.9. The lowest BCUT2D eigenvalue weighted by Crippen LogP contribution is -2.59. The van der Waals surface area contributed by atoms with Crippen molar-refractivity contribution in [2.75, 3.05) is 38.5 Å². The van der Waals surface area contributed by atoms with E-state index in [-0.39, 0.29) is 30.0 Å². The second-order valence-electron chi connectivity index (χ2n) is 8.45. The number of Topliss-reactive ketones (excluding diaryl/α,β-unsaturated/α-hetero) is 1. The molecular weight excluding hydrogens is 420 g/mol. The Hall–Kier alpha value is -1.13. The van der Waals surface area contributed by atoms with Gasteiger partial charge in [0.05, 0.1) is 13.2 Å². The molecule has 1 aliphatic rings. The molecule has 2 unspecified atom stereocenters. The van der Waals surface area contributed by atoms with Crippen molar-refractivity contribution in [3.05, 3.63) is 12.2 Å². The molecule has 0 aromatic carbocycles. The minimum atomic E-state index is -4.33. The van der Waals surface area contributed by atoms with E-state index in [1.165, 1.54) is 25.7 Å². The minimum absolute atomic E-state index is 0.0349. The van der Waals surface area contributed by atoms with Crippen LogP contribution in [0.1, 0.15) is 71.1 Å². The van der Waals surface area contributed by atoms with Gasteiger partial charge >= 0.3 is 0 Å². The summed E-state index contributed by atoms with van der Waals surface area (Å²) in [6, 6.07) is 0. The molecule has 3 N–H and O–H groups in total. The molecule has 0 saturated carbocycles. The van der Waals surface area contributed by atoms with E-state index in [4.69, 9.17) is 4.55 Å². The number of rotatable bonds is 18. The van der Waals surface area contributed by atoms with Crippen LogP contribution in [0.25, 0.3) is 0 Å². The molecule has 0 aromatic heterocycles. The van der Waals surface area contributed by atoms with Gasteiger partial charge in [-0.05, 0) is 32.1 Å². The van der Waals surface area contributed by atoms with E-state index in [1.807, 2.05) is 0 Å². The molecule has 180 valence electrons. The van der Waals surface area contributed by atoms with E-state index < -0.39 is 22.0 Å². The molecule has 9 heteroatoms. The van der Waals surface area contributed by atoms with Crippen LogP contribution in [0.2, 0.25) is 0 Å². The number of hydrogen-bond donors (Lipinski definition) is 3. The summed E-state index contributed by atoms with van der Waals surface area (Å²) >= 11 is 0. The normalized spacial score (nSPS) is 20.3. The maximum absolute atomic E-state index is 12.8. The highest BCUT2D eigenvalue weighted by Crippen LogP contribution is 2.20. The van der Waals surface area contributed by atoms with Crippen molar-refractivity contribution in [1.29, 1.82) is 0 Å². The maximum Gasteiger partial charge on any atom is 0.267 e.